The minimum atomic E-state index is -0.0851. The third-order valence-corrected chi connectivity index (χ3v) is 5.43. The highest BCUT2D eigenvalue weighted by Crippen LogP contribution is 2.19. The molecule has 31 heavy (non-hydrogen) atoms. The van der Waals surface area contributed by atoms with Gasteiger partial charge in [0.2, 0.25) is 0 Å². The number of nitrogens with zero attached hydrogens (tertiary/aromatic N) is 4. The molecular formula is C25H26N4O2. The van der Waals surface area contributed by atoms with Crippen molar-refractivity contribution in [3.05, 3.63) is 89.5 Å². The van der Waals surface area contributed by atoms with Crippen molar-refractivity contribution in [2.45, 2.75) is 26.9 Å². The maximum atomic E-state index is 12.8. The van der Waals surface area contributed by atoms with Gasteiger partial charge >= 0.3 is 0 Å². The third-order valence-electron chi connectivity index (χ3n) is 5.43. The number of fused-ring (bicyclic) bond motifs is 1. The van der Waals surface area contributed by atoms with Crippen molar-refractivity contribution in [1.82, 2.24) is 19.4 Å². The van der Waals surface area contributed by atoms with Gasteiger partial charge in [0.1, 0.15) is 18.2 Å². The van der Waals surface area contributed by atoms with Crippen molar-refractivity contribution >= 4 is 16.9 Å². The summed E-state index contributed by atoms with van der Waals surface area (Å²) >= 11 is 0. The molecule has 0 fully saturated rings. The van der Waals surface area contributed by atoms with Crippen LogP contribution in [0.3, 0.4) is 0 Å². The van der Waals surface area contributed by atoms with Crippen molar-refractivity contribution in [3.63, 3.8) is 0 Å². The first-order valence-electron chi connectivity index (χ1n) is 10.3. The molecule has 2 heterocycles. The van der Waals surface area contributed by atoms with Crippen molar-refractivity contribution in [2.75, 3.05) is 13.7 Å². The molecule has 0 spiro atoms. The third kappa shape index (κ3) is 4.58. The van der Waals surface area contributed by atoms with Gasteiger partial charge in [-0.3, -0.25) is 9.78 Å². The smallest absolute Gasteiger partial charge is 0.255 e. The number of aryl methyl sites for hydroxylation is 2. The fraction of sp³-hybridized carbons (Fsp3) is 0.240. The maximum absolute atomic E-state index is 12.8. The number of rotatable bonds is 7. The molecule has 0 aliphatic carbocycles. The molecule has 1 amide bonds. The van der Waals surface area contributed by atoms with Crippen molar-refractivity contribution in [1.29, 1.82) is 0 Å². The van der Waals surface area contributed by atoms with E-state index in [0.29, 0.717) is 25.3 Å². The topological polar surface area (TPSA) is 60.2 Å². The van der Waals surface area contributed by atoms with E-state index in [0.717, 1.165) is 22.6 Å². The highest BCUT2D eigenvalue weighted by molar-refractivity contribution is 5.93. The summed E-state index contributed by atoms with van der Waals surface area (Å²) in [5.41, 5.74) is 4.96. The van der Waals surface area contributed by atoms with Crippen molar-refractivity contribution in [2.24, 2.45) is 0 Å². The van der Waals surface area contributed by atoms with Crippen LogP contribution in [0.4, 0.5) is 0 Å². The summed E-state index contributed by atoms with van der Waals surface area (Å²) < 4.78 is 8.13. The van der Waals surface area contributed by atoms with Crippen LogP contribution < -0.4 is 4.74 Å². The summed E-state index contributed by atoms with van der Waals surface area (Å²) in [6, 6.07) is 17.7. The van der Waals surface area contributed by atoms with Gasteiger partial charge in [-0.05, 0) is 61.4 Å². The lowest BCUT2D eigenvalue weighted by atomic mass is 10.1. The van der Waals surface area contributed by atoms with Crippen LogP contribution in [-0.2, 0) is 13.1 Å². The van der Waals surface area contributed by atoms with Crippen LogP contribution in [0.25, 0.3) is 11.0 Å². The number of benzene rings is 2. The first kappa shape index (κ1) is 20.6. The van der Waals surface area contributed by atoms with E-state index in [1.165, 1.54) is 11.1 Å². The number of aromatic nitrogens is 3. The average molecular weight is 415 g/mol. The van der Waals surface area contributed by atoms with Crippen LogP contribution in [0.2, 0.25) is 0 Å². The predicted octanol–water partition coefficient (Wildman–Crippen LogP) is 4.40. The van der Waals surface area contributed by atoms with Gasteiger partial charge in [-0.25, -0.2) is 4.98 Å². The molecule has 0 aliphatic heterocycles. The van der Waals surface area contributed by atoms with Crippen LogP contribution in [0.15, 0.2) is 67.0 Å². The van der Waals surface area contributed by atoms with Gasteiger partial charge in [0.25, 0.3) is 5.91 Å². The Morgan fingerprint density at radius 1 is 1.06 bits per heavy atom. The molecule has 0 atom stereocenters. The fourth-order valence-electron chi connectivity index (χ4n) is 3.55. The van der Waals surface area contributed by atoms with Gasteiger partial charge in [-0.1, -0.05) is 18.2 Å². The van der Waals surface area contributed by atoms with E-state index < -0.39 is 0 Å². The lowest BCUT2D eigenvalue weighted by Gasteiger charge is -2.18. The predicted molar refractivity (Wildman–Crippen MR) is 121 cm³/mol. The van der Waals surface area contributed by atoms with E-state index in [1.54, 1.807) is 36.5 Å². The van der Waals surface area contributed by atoms with E-state index in [1.807, 2.05) is 30.3 Å². The molecule has 0 bridgehead atoms. The highest BCUT2D eigenvalue weighted by atomic mass is 16.5. The summed E-state index contributed by atoms with van der Waals surface area (Å²) in [6.07, 6.45) is 3.24. The van der Waals surface area contributed by atoms with Gasteiger partial charge in [0, 0.05) is 19.4 Å². The SMILES string of the molecule is Cc1ccc(OCCn2c(CN(C)C(=O)c3cccnc3)nc3ccccc32)cc1C. The number of amides is 1. The molecule has 2 aromatic heterocycles. The molecular weight excluding hydrogens is 388 g/mol. The van der Waals surface area contributed by atoms with Crippen LogP contribution in [0, 0.1) is 13.8 Å². The van der Waals surface area contributed by atoms with Crippen LogP contribution in [0.1, 0.15) is 27.3 Å². The molecule has 0 aliphatic rings. The minimum Gasteiger partial charge on any atom is -0.492 e. The first-order valence-corrected chi connectivity index (χ1v) is 10.3. The van der Waals surface area contributed by atoms with E-state index >= 15 is 0 Å². The van der Waals surface area contributed by atoms with Crippen LogP contribution in [-0.4, -0.2) is 39.0 Å². The Morgan fingerprint density at radius 3 is 2.68 bits per heavy atom. The number of hydrogen-bond acceptors (Lipinski definition) is 4. The molecule has 158 valence electrons. The van der Waals surface area contributed by atoms with Crippen molar-refractivity contribution < 1.29 is 9.53 Å². The Kier molecular flexibility index (Phi) is 5.98. The molecule has 4 aromatic rings. The van der Waals surface area contributed by atoms with Gasteiger partial charge in [0.05, 0.1) is 29.7 Å². The number of para-hydroxylation sites is 2. The highest BCUT2D eigenvalue weighted by Gasteiger charge is 2.17. The van der Waals surface area contributed by atoms with Crippen LogP contribution in [0.5, 0.6) is 5.75 Å². The maximum Gasteiger partial charge on any atom is 0.255 e. The Morgan fingerprint density at radius 2 is 1.90 bits per heavy atom. The monoisotopic (exact) mass is 414 g/mol. The summed E-state index contributed by atoms with van der Waals surface area (Å²) in [5.74, 6) is 1.60. The number of pyridine rings is 1. The Balaban J connectivity index is 1.52. The number of carbonyl (C=O) groups is 1. The second kappa shape index (κ2) is 9.00. The summed E-state index contributed by atoms with van der Waals surface area (Å²) in [5, 5.41) is 0. The Bertz CT molecular complexity index is 1200. The van der Waals surface area contributed by atoms with Crippen molar-refractivity contribution in [3.8, 4) is 5.75 Å². The zero-order valence-corrected chi connectivity index (χ0v) is 18.1. The van der Waals surface area contributed by atoms with Gasteiger partial charge in [-0.15, -0.1) is 0 Å². The minimum absolute atomic E-state index is 0.0851. The fourth-order valence-corrected chi connectivity index (χ4v) is 3.55. The second-order valence-corrected chi connectivity index (χ2v) is 7.67. The number of ether oxygens (including phenoxy) is 1. The molecule has 4 rings (SSSR count). The molecule has 0 saturated heterocycles. The molecule has 0 unspecified atom stereocenters. The van der Waals surface area contributed by atoms with E-state index in [-0.39, 0.29) is 5.91 Å². The number of hydrogen-bond donors (Lipinski definition) is 0. The van der Waals surface area contributed by atoms with Gasteiger partial charge in [0.15, 0.2) is 0 Å². The van der Waals surface area contributed by atoms with Gasteiger partial charge < -0.3 is 14.2 Å². The molecule has 2 aromatic carbocycles. The number of carbonyl (C=O) groups excluding carboxylic acids is 1. The Labute approximate surface area is 182 Å². The quantitative estimate of drug-likeness (QED) is 0.450. The first-order chi connectivity index (χ1) is 15.0. The summed E-state index contributed by atoms with van der Waals surface area (Å²) in [6.45, 7) is 5.71. The Hall–Kier alpha value is -3.67. The average Bonchev–Trinajstić information content (AvgIpc) is 3.13. The normalized spacial score (nSPS) is 10.9. The molecule has 6 heteroatoms. The zero-order chi connectivity index (χ0) is 21.8. The van der Waals surface area contributed by atoms with E-state index in [2.05, 4.69) is 35.5 Å². The summed E-state index contributed by atoms with van der Waals surface area (Å²) in [4.78, 5) is 23.2. The lowest BCUT2D eigenvalue weighted by molar-refractivity contribution is 0.0779. The lowest BCUT2D eigenvalue weighted by Crippen LogP contribution is -2.28. The molecule has 0 N–H and O–H groups in total. The molecule has 0 radical (unpaired) electrons. The largest absolute Gasteiger partial charge is 0.492 e. The second-order valence-electron chi connectivity index (χ2n) is 7.67. The standard InChI is InChI=1S/C25H26N4O2/c1-18-10-11-21(15-19(18)2)31-14-13-29-23-9-5-4-8-22(23)27-24(29)17-28(3)25(30)20-7-6-12-26-16-20/h4-12,15-16H,13-14,17H2,1-3H3. The van der Waals surface area contributed by atoms with Crippen LogP contribution >= 0.6 is 0 Å². The van der Waals surface area contributed by atoms with E-state index in [9.17, 15) is 4.79 Å². The molecule has 0 saturated carbocycles. The molecule has 6 nitrogen and oxygen atoms in total. The van der Waals surface area contributed by atoms with Gasteiger partial charge in [-0.2, -0.15) is 0 Å². The van der Waals surface area contributed by atoms with E-state index in [4.69, 9.17) is 9.72 Å². The zero-order valence-electron chi connectivity index (χ0n) is 18.1. The summed E-state index contributed by atoms with van der Waals surface area (Å²) in [7, 11) is 1.78. The number of imidazole rings is 1.